The van der Waals surface area contributed by atoms with Crippen LogP contribution in [0.3, 0.4) is 0 Å². The minimum Gasteiger partial charge on any atom is -0.225 e. The van der Waals surface area contributed by atoms with Gasteiger partial charge in [0.1, 0.15) is 0 Å². The Morgan fingerprint density at radius 3 is 2.14 bits per heavy atom. The van der Waals surface area contributed by atoms with E-state index in [0.29, 0.717) is 0 Å². The third-order valence-electron chi connectivity index (χ3n) is 2.97. The SMILES string of the molecule is CC(C)C1CCN(S(=O)N(C)C)CC1. The molecular weight excluding hydrogens is 196 g/mol. The van der Waals surface area contributed by atoms with Gasteiger partial charge >= 0.3 is 0 Å². The van der Waals surface area contributed by atoms with Crippen LogP contribution in [0.5, 0.6) is 0 Å². The molecule has 0 aromatic carbocycles. The molecule has 0 aromatic heterocycles. The van der Waals surface area contributed by atoms with Crippen LogP contribution in [0.25, 0.3) is 0 Å². The van der Waals surface area contributed by atoms with Crippen LogP contribution in [-0.4, -0.2) is 40.0 Å². The minimum absolute atomic E-state index is 0.768. The average Bonchev–Trinajstić information content (AvgIpc) is 2.16. The average molecular weight is 218 g/mol. The summed E-state index contributed by atoms with van der Waals surface area (Å²) in [6.07, 6.45) is 2.38. The van der Waals surface area contributed by atoms with Gasteiger partial charge in [-0.25, -0.2) is 12.8 Å². The summed E-state index contributed by atoms with van der Waals surface area (Å²) in [6.45, 7) is 6.52. The second kappa shape index (κ2) is 5.24. The molecule has 1 rings (SSSR count). The Bertz CT molecular complexity index is 198. The van der Waals surface area contributed by atoms with Crippen LogP contribution in [0, 0.1) is 11.8 Å². The van der Waals surface area contributed by atoms with Gasteiger partial charge in [0.25, 0.3) is 0 Å². The van der Waals surface area contributed by atoms with Crippen LogP contribution in [0.15, 0.2) is 0 Å². The zero-order valence-corrected chi connectivity index (χ0v) is 10.5. The maximum Gasteiger partial charge on any atom is 0.172 e. The lowest BCUT2D eigenvalue weighted by molar-refractivity contribution is 0.228. The molecule has 0 radical (unpaired) electrons. The highest BCUT2D eigenvalue weighted by atomic mass is 32.2. The number of hydrogen-bond donors (Lipinski definition) is 0. The number of rotatable bonds is 3. The first-order valence-electron chi connectivity index (χ1n) is 5.36. The van der Waals surface area contributed by atoms with Gasteiger partial charge in [0.15, 0.2) is 11.2 Å². The lowest BCUT2D eigenvalue weighted by Crippen LogP contribution is -2.41. The van der Waals surface area contributed by atoms with E-state index in [9.17, 15) is 4.21 Å². The molecule has 84 valence electrons. The van der Waals surface area contributed by atoms with Gasteiger partial charge in [0, 0.05) is 27.2 Å². The summed E-state index contributed by atoms with van der Waals surface area (Å²) in [4.78, 5) is 0. The van der Waals surface area contributed by atoms with E-state index in [1.165, 1.54) is 12.8 Å². The first-order chi connectivity index (χ1) is 6.52. The van der Waals surface area contributed by atoms with Crippen molar-refractivity contribution in [2.45, 2.75) is 26.7 Å². The molecule has 4 heteroatoms. The normalized spacial score (nSPS) is 23.3. The summed E-state index contributed by atoms with van der Waals surface area (Å²) in [5.74, 6) is 1.59. The Morgan fingerprint density at radius 1 is 1.29 bits per heavy atom. The monoisotopic (exact) mass is 218 g/mol. The fourth-order valence-corrected chi connectivity index (χ4v) is 2.91. The van der Waals surface area contributed by atoms with Crippen LogP contribution in [-0.2, 0) is 11.2 Å². The molecular formula is C10H22N2OS. The molecule has 1 fully saturated rings. The van der Waals surface area contributed by atoms with Crippen molar-refractivity contribution in [3.63, 3.8) is 0 Å². The van der Waals surface area contributed by atoms with Crippen LogP contribution < -0.4 is 0 Å². The third kappa shape index (κ3) is 3.04. The molecule has 0 amide bonds. The lowest BCUT2D eigenvalue weighted by atomic mass is 9.87. The molecule has 1 atom stereocenters. The molecule has 0 aromatic rings. The quantitative estimate of drug-likeness (QED) is 0.704. The van der Waals surface area contributed by atoms with Crippen LogP contribution >= 0.6 is 0 Å². The largest absolute Gasteiger partial charge is 0.225 e. The Morgan fingerprint density at radius 2 is 1.79 bits per heavy atom. The second-order valence-corrected chi connectivity index (χ2v) is 6.26. The number of hydrogen-bond acceptors (Lipinski definition) is 1. The fraction of sp³-hybridized carbons (Fsp3) is 1.00. The second-order valence-electron chi connectivity index (χ2n) is 4.55. The molecule has 0 N–H and O–H groups in total. The molecule has 1 aliphatic heterocycles. The summed E-state index contributed by atoms with van der Waals surface area (Å²) in [5, 5.41) is 0. The third-order valence-corrected chi connectivity index (χ3v) is 4.41. The highest BCUT2D eigenvalue weighted by molar-refractivity contribution is 7.80. The van der Waals surface area contributed by atoms with E-state index in [2.05, 4.69) is 18.2 Å². The van der Waals surface area contributed by atoms with Crippen molar-refractivity contribution in [2.24, 2.45) is 11.8 Å². The molecule has 1 unspecified atom stereocenters. The first-order valence-corrected chi connectivity index (χ1v) is 6.43. The van der Waals surface area contributed by atoms with E-state index in [0.717, 1.165) is 24.9 Å². The van der Waals surface area contributed by atoms with Crippen molar-refractivity contribution in [3.8, 4) is 0 Å². The number of nitrogens with zero attached hydrogens (tertiary/aromatic N) is 2. The van der Waals surface area contributed by atoms with E-state index in [4.69, 9.17) is 0 Å². The van der Waals surface area contributed by atoms with Gasteiger partial charge in [-0.2, -0.15) is 0 Å². The summed E-state index contributed by atoms with van der Waals surface area (Å²) < 4.78 is 15.6. The minimum atomic E-state index is -0.920. The van der Waals surface area contributed by atoms with Gasteiger partial charge in [-0.1, -0.05) is 13.8 Å². The van der Waals surface area contributed by atoms with Crippen LogP contribution in [0.4, 0.5) is 0 Å². The zero-order valence-electron chi connectivity index (χ0n) is 9.69. The summed E-state index contributed by atoms with van der Waals surface area (Å²) in [6, 6.07) is 0. The standard InChI is InChI=1S/C10H22N2OS/c1-9(2)10-5-7-12(8-6-10)14(13)11(3)4/h9-10H,5-8H2,1-4H3. The topological polar surface area (TPSA) is 23.6 Å². The van der Waals surface area contributed by atoms with E-state index in [1.807, 2.05) is 14.1 Å². The van der Waals surface area contributed by atoms with Gasteiger partial charge in [-0.3, -0.25) is 0 Å². The molecule has 1 saturated heterocycles. The molecule has 0 saturated carbocycles. The fourth-order valence-electron chi connectivity index (χ4n) is 1.93. The Labute approximate surface area is 90.2 Å². The van der Waals surface area contributed by atoms with Crippen LogP contribution in [0.2, 0.25) is 0 Å². The van der Waals surface area contributed by atoms with Gasteiger partial charge in [0.05, 0.1) is 0 Å². The highest BCUT2D eigenvalue weighted by Gasteiger charge is 2.25. The first kappa shape index (κ1) is 12.1. The van der Waals surface area contributed by atoms with E-state index in [1.54, 1.807) is 4.31 Å². The lowest BCUT2D eigenvalue weighted by Gasteiger charge is -2.33. The van der Waals surface area contributed by atoms with Gasteiger partial charge < -0.3 is 0 Å². The summed E-state index contributed by atoms with van der Waals surface area (Å²) >= 11 is -0.920. The predicted octanol–water partition coefficient (Wildman–Crippen LogP) is 1.49. The summed E-state index contributed by atoms with van der Waals surface area (Å²) in [5.41, 5.74) is 0. The smallest absolute Gasteiger partial charge is 0.172 e. The Balaban J connectivity index is 2.39. The van der Waals surface area contributed by atoms with Crippen molar-refractivity contribution in [1.29, 1.82) is 0 Å². The van der Waals surface area contributed by atoms with Crippen molar-refractivity contribution in [2.75, 3.05) is 27.2 Å². The maximum atomic E-state index is 11.7. The molecule has 1 heterocycles. The van der Waals surface area contributed by atoms with Crippen LogP contribution in [0.1, 0.15) is 26.7 Å². The molecule has 0 aliphatic carbocycles. The van der Waals surface area contributed by atoms with Gasteiger partial charge in [-0.05, 0) is 24.7 Å². The van der Waals surface area contributed by atoms with Crippen molar-refractivity contribution >= 4 is 11.2 Å². The van der Waals surface area contributed by atoms with E-state index >= 15 is 0 Å². The van der Waals surface area contributed by atoms with Crippen molar-refractivity contribution < 1.29 is 4.21 Å². The van der Waals surface area contributed by atoms with E-state index < -0.39 is 11.2 Å². The molecule has 1 aliphatic rings. The van der Waals surface area contributed by atoms with Gasteiger partial charge in [0.2, 0.25) is 0 Å². The number of piperidine rings is 1. The van der Waals surface area contributed by atoms with Crippen molar-refractivity contribution in [3.05, 3.63) is 0 Å². The maximum absolute atomic E-state index is 11.7. The van der Waals surface area contributed by atoms with Gasteiger partial charge in [-0.15, -0.1) is 0 Å². The Hall–Kier alpha value is 0.0700. The molecule has 0 spiro atoms. The summed E-state index contributed by atoms with van der Waals surface area (Å²) in [7, 11) is 3.73. The Kier molecular flexibility index (Phi) is 4.54. The molecule has 0 bridgehead atoms. The molecule has 14 heavy (non-hydrogen) atoms. The van der Waals surface area contributed by atoms with Crippen molar-refractivity contribution in [1.82, 2.24) is 8.61 Å². The zero-order chi connectivity index (χ0) is 10.7. The highest BCUT2D eigenvalue weighted by Crippen LogP contribution is 2.25. The predicted molar refractivity (Wildman–Crippen MR) is 61.0 cm³/mol. The van der Waals surface area contributed by atoms with E-state index in [-0.39, 0.29) is 0 Å². The molecule has 3 nitrogen and oxygen atoms in total.